The van der Waals surface area contributed by atoms with E-state index in [9.17, 15) is 5.11 Å². The van der Waals surface area contributed by atoms with E-state index in [2.05, 4.69) is 0 Å². The molecule has 0 aromatic heterocycles. The first kappa shape index (κ1) is 12.4. The minimum absolute atomic E-state index is 0.229. The molecule has 92 valence electrons. The van der Waals surface area contributed by atoms with E-state index in [0.29, 0.717) is 4.99 Å². The summed E-state index contributed by atoms with van der Waals surface area (Å²) in [7, 11) is 1.91. The van der Waals surface area contributed by atoms with Gasteiger partial charge in [-0.2, -0.15) is 0 Å². The lowest BCUT2D eigenvalue weighted by Gasteiger charge is -2.22. The normalized spacial score (nSPS) is 10.1. The Morgan fingerprint density at radius 1 is 1.17 bits per heavy atom. The Morgan fingerprint density at radius 3 is 2.56 bits per heavy atom. The zero-order chi connectivity index (χ0) is 13.1. The van der Waals surface area contributed by atoms with Gasteiger partial charge >= 0.3 is 0 Å². The van der Waals surface area contributed by atoms with Gasteiger partial charge in [0.05, 0.1) is 5.69 Å². The number of phenolic OH excluding ortho intramolecular Hbond substituents is 1. The fourth-order valence-corrected chi connectivity index (χ4v) is 1.99. The maximum absolute atomic E-state index is 9.51. The molecule has 2 rings (SSSR count). The molecule has 0 atom stereocenters. The third kappa shape index (κ3) is 2.43. The Hall–Kier alpha value is -2.07. The van der Waals surface area contributed by atoms with E-state index in [-0.39, 0.29) is 5.75 Å². The minimum atomic E-state index is 0.229. The number of benzene rings is 2. The van der Waals surface area contributed by atoms with Crippen LogP contribution in [0.4, 0.5) is 11.4 Å². The number of nitrogens with two attached hydrogens (primary N) is 1. The third-order valence-corrected chi connectivity index (χ3v) is 2.97. The number of hydrogen-bond acceptors (Lipinski definition) is 3. The molecule has 2 aromatic carbocycles. The number of hydrogen-bond donors (Lipinski definition) is 2. The van der Waals surface area contributed by atoms with Gasteiger partial charge in [0, 0.05) is 24.4 Å². The number of rotatable bonds is 3. The van der Waals surface area contributed by atoms with Crippen molar-refractivity contribution in [2.45, 2.75) is 0 Å². The van der Waals surface area contributed by atoms with Crippen molar-refractivity contribution in [2.24, 2.45) is 5.73 Å². The molecule has 0 radical (unpaired) electrons. The maximum Gasteiger partial charge on any atom is 0.117 e. The average molecular weight is 258 g/mol. The Balaban J connectivity index is 2.46. The first-order chi connectivity index (χ1) is 8.59. The molecule has 2 aromatic rings. The molecule has 0 unspecified atom stereocenters. The lowest BCUT2D eigenvalue weighted by Crippen LogP contribution is -2.17. The molecular weight excluding hydrogens is 244 g/mol. The van der Waals surface area contributed by atoms with Gasteiger partial charge in [0.1, 0.15) is 10.7 Å². The summed E-state index contributed by atoms with van der Waals surface area (Å²) in [5.74, 6) is 0.229. The van der Waals surface area contributed by atoms with E-state index in [1.165, 1.54) is 0 Å². The van der Waals surface area contributed by atoms with Gasteiger partial charge in [-0.25, -0.2) is 0 Å². The number of nitrogens with zero attached hydrogens (tertiary/aromatic N) is 1. The molecule has 0 heterocycles. The summed E-state index contributed by atoms with van der Waals surface area (Å²) in [6.07, 6.45) is 0. The van der Waals surface area contributed by atoms with Crippen molar-refractivity contribution in [1.82, 2.24) is 0 Å². The fraction of sp³-hybridized carbons (Fsp3) is 0.0714. The van der Waals surface area contributed by atoms with Gasteiger partial charge in [0.25, 0.3) is 0 Å². The standard InChI is InChI=1S/C14H14N2OS/c1-16(10-5-4-6-11(17)9-10)13-8-3-2-7-12(13)14(15)18/h2-9,17H,1H3,(H2,15,18). The van der Waals surface area contributed by atoms with Crippen LogP contribution in [-0.4, -0.2) is 17.1 Å². The number of aromatic hydroxyl groups is 1. The topological polar surface area (TPSA) is 49.5 Å². The third-order valence-electron chi connectivity index (χ3n) is 2.75. The number of para-hydroxylation sites is 1. The number of thiocarbonyl (C=S) groups is 1. The smallest absolute Gasteiger partial charge is 0.117 e. The van der Waals surface area contributed by atoms with E-state index in [4.69, 9.17) is 18.0 Å². The summed E-state index contributed by atoms with van der Waals surface area (Å²) < 4.78 is 0. The van der Waals surface area contributed by atoms with Crippen LogP contribution in [-0.2, 0) is 0 Å². The average Bonchev–Trinajstić information content (AvgIpc) is 2.38. The first-order valence-corrected chi connectivity index (χ1v) is 5.92. The predicted molar refractivity (Wildman–Crippen MR) is 78.5 cm³/mol. The highest BCUT2D eigenvalue weighted by atomic mass is 32.1. The van der Waals surface area contributed by atoms with Crippen molar-refractivity contribution in [2.75, 3.05) is 11.9 Å². The van der Waals surface area contributed by atoms with E-state index in [1.54, 1.807) is 18.2 Å². The largest absolute Gasteiger partial charge is 0.508 e. The summed E-state index contributed by atoms with van der Waals surface area (Å²) in [4.78, 5) is 2.30. The second-order valence-electron chi connectivity index (χ2n) is 3.96. The van der Waals surface area contributed by atoms with Crippen molar-refractivity contribution < 1.29 is 5.11 Å². The molecule has 18 heavy (non-hydrogen) atoms. The SMILES string of the molecule is CN(c1cccc(O)c1)c1ccccc1C(N)=S. The van der Waals surface area contributed by atoms with Gasteiger partial charge < -0.3 is 15.7 Å². The van der Waals surface area contributed by atoms with Crippen LogP contribution in [0.2, 0.25) is 0 Å². The summed E-state index contributed by atoms with van der Waals surface area (Å²) in [5.41, 5.74) is 8.32. The molecule has 3 nitrogen and oxygen atoms in total. The van der Waals surface area contributed by atoms with Crippen LogP contribution in [0, 0.1) is 0 Å². The molecule has 0 saturated carbocycles. The predicted octanol–water partition coefficient (Wildman–Crippen LogP) is 2.79. The van der Waals surface area contributed by atoms with Crippen molar-refractivity contribution >= 4 is 28.6 Å². The molecule has 0 fully saturated rings. The van der Waals surface area contributed by atoms with Crippen LogP contribution in [0.5, 0.6) is 5.75 Å². The van der Waals surface area contributed by atoms with Gasteiger partial charge in [-0.15, -0.1) is 0 Å². The van der Waals surface area contributed by atoms with Crippen LogP contribution >= 0.6 is 12.2 Å². The van der Waals surface area contributed by atoms with E-state index >= 15 is 0 Å². The lowest BCUT2D eigenvalue weighted by molar-refractivity contribution is 0.475. The highest BCUT2D eigenvalue weighted by molar-refractivity contribution is 7.80. The lowest BCUT2D eigenvalue weighted by atomic mass is 10.1. The quantitative estimate of drug-likeness (QED) is 0.831. The molecule has 0 spiro atoms. The minimum Gasteiger partial charge on any atom is -0.508 e. The number of phenols is 1. The highest BCUT2D eigenvalue weighted by Crippen LogP contribution is 2.28. The van der Waals surface area contributed by atoms with Gasteiger partial charge in [0.2, 0.25) is 0 Å². The first-order valence-electron chi connectivity index (χ1n) is 5.51. The van der Waals surface area contributed by atoms with Crippen LogP contribution < -0.4 is 10.6 Å². The molecule has 3 N–H and O–H groups in total. The van der Waals surface area contributed by atoms with Crippen molar-refractivity contribution in [1.29, 1.82) is 0 Å². The molecule has 0 saturated heterocycles. The summed E-state index contributed by atoms with van der Waals surface area (Å²) in [6, 6.07) is 14.7. The van der Waals surface area contributed by atoms with Crippen molar-refractivity contribution in [3.05, 3.63) is 54.1 Å². The monoisotopic (exact) mass is 258 g/mol. The van der Waals surface area contributed by atoms with Crippen molar-refractivity contribution in [3.8, 4) is 5.75 Å². The molecule has 4 heteroatoms. The Kier molecular flexibility index (Phi) is 3.48. The van der Waals surface area contributed by atoms with E-state index in [1.807, 2.05) is 42.3 Å². The highest BCUT2D eigenvalue weighted by Gasteiger charge is 2.10. The number of anilines is 2. The summed E-state index contributed by atoms with van der Waals surface area (Å²) in [6.45, 7) is 0. The second kappa shape index (κ2) is 5.06. The van der Waals surface area contributed by atoms with E-state index < -0.39 is 0 Å². The molecule has 0 aliphatic carbocycles. The Morgan fingerprint density at radius 2 is 1.89 bits per heavy atom. The van der Waals surface area contributed by atoms with Crippen LogP contribution in [0.15, 0.2) is 48.5 Å². The van der Waals surface area contributed by atoms with Gasteiger partial charge in [-0.3, -0.25) is 0 Å². The summed E-state index contributed by atoms with van der Waals surface area (Å²) in [5, 5.41) is 9.51. The molecule has 0 amide bonds. The zero-order valence-electron chi connectivity index (χ0n) is 10.00. The summed E-state index contributed by atoms with van der Waals surface area (Å²) >= 11 is 5.05. The Bertz CT molecular complexity index is 584. The molecule has 0 aliphatic heterocycles. The fourth-order valence-electron chi connectivity index (χ4n) is 1.82. The van der Waals surface area contributed by atoms with Crippen LogP contribution in [0.3, 0.4) is 0 Å². The van der Waals surface area contributed by atoms with E-state index in [0.717, 1.165) is 16.9 Å². The second-order valence-corrected chi connectivity index (χ2v) is 4.40. The van der Waals surface area contributed by atoms with Crippen LogP contribution in [0.25, 0.3) is 0 Å². The zero-order valence-corrected chi connectivity index (χ0v) is 10.8. The molecule has 0 bridgehead atoms. The van der Waals surface area contributed by atoms with Crippen molar-refractivity contribution in [3.63, 3.8) is 0 Å². The van der Waals surface area contributed by atoms with Gasteiger partial charge in [-0.05, 0) is 24.3 Å². The van der Waals surface area contributed by atoms with Gasteiger partial charge in [-0.1, -0.05) is 30.4 Å². The Labute approximate surface area is 111 Å². The molecular formula is C14H14N2OS. The maximum atomic E-state index is 9.51. The van der Waals surface area contributed by atoms with Gasteiger partial charge in [0.15, 0.2) is 0 Å². The molecule has 0 aliphatic rings. The van der Waals surface area contributed by atoms with Crippen LogP contribution in [0.1, 0.15) is 5.56 Å².